The molecular weight excluding hydrogens is 376 g/mol. The van der Waals surface area contributed by atoms with E-state index in [9.17, 15) is 10.1 Å². The van der Waals surface area contributed by atoms with E-state index in [1.54, 1.807) is 25.6 Å². The smallest absolute Gasteiger partial charge is 0.165 e. The molecule has 1 aromatic carbocycles. The predicted molar refractivity (Wildman–Crippen MR) is 115 cm³/mol. The highest BCUT2D eigenvalue weighted by Crippen LogP contribution is 2.37. The summed E-state index contributed by atoms with van der Waals surface area (Å²) in [4.78, 5) is 21.3. The summed E-state index contributed by atoms with van der Waals surface area (Å²) in [7, 11) is 1.62. The van der Waals surface area contributed by atoms with Crippen molar-refractivity contribution in [1.29, 1.82) is 5.26 Å². The summed E-state index contributed by atoms with van der Waals surface area (Å²) in [6.45, 7) is 4.12. The van der Waals surface area contributed by atoms with Gasteiger partial charge in [-0.05, 0) is 36.1 Å². The lowest BCUT2D eigenvalue weighted by Crippen LogP contribution is -2.28. The summed E-state index contributed by atoms with van der Waals surface area (Å²) in [5.41, 5.74) is 4.10. The molecule has 1 N–H and O–H groups in total. The quantitative estimate of drug-likeness (QED) is 0.671. The van der Waals surface area contributed by atoms with Crippen LogP contribution in [0.15, 0.2) is 48.8 Å². The maximum atomic E-state index is 12.5. The minimum Gasteiger partial charge on any atom is -0.496 e. The lowest BCUT2D eigenvalue weighted by Gasteiger charge is -2.29. The molecule has 0 saturated heterocycles. The van der Waals surface area contributed by atoms with E-state index in [1.165, 1.54) is 0 Å². The zero-order valence-corrected chi connectivity index (χ0v) is 17.2. The number of ether oxygens (including phenoxy) is 1. The van der Waals surface area contributed by atoms with E-state index in [2.05, 4.69) is 35.2 Å². The molecule has 150 valence electrons. The van der Waals surface area contributed by atoms with Gasteiger partial charge >= 0.3 is 0 Å². The number of fused-ring (bicyclic) bond motifs is 1. The number of nitrogens with zero attached hydrogens (tertiary/aromatic N) is 3. The van der Waals surface area contributed by atoms with E-state index in [0.29, 0.717) is 35.5 Å². The molecule has 0 aliphatic heterocycles. The molecule has 0 atom stereocenters. The third-order valence-electron chi connectivity index (χ3n) is 5.24. The molecule has 0 spiro atoms. The van der Waals surface area contributed by atoms with Gasteiger partial charge in [-0.2, -0.15) is 5.26 Å². The molecule has 6 heteroatoms. The van der Waals surface area contributed by atoms with Crippen LogP contribution in [0.4, 0.5) is 11.5 Å². The molecular formula is C24H22N4O2. The first-order valence-electron chi connectivity index (χ1n) is 9.73. The average Bonchev–Trinajstić information content (AvgIpc) is 2.73. The van der Waals surface area contributed by atoms with E-state index in [1.807, 2.05) is 30.3 Å². The van der Waals surface area contributed by atoms with E-state index >= 15 is 0 Å². The number of carbonyl (C=O) groups excluding carboxylic acids is 1. The van der Waals surface area contributed by atoms with Crippen LogP contribution in [0.25, 0.3) is 11.1 Å². The number of Topliss-reactive ketones (excluding diaryl/α,β-unsaturated/α-hetero) is 1. The van der Waals surface area contributed by atoms with Crippen molar-refractivity contribution in [2.24, 2.45) is 5.41 Å². The van der Waals surface area contributed by atoms with E-state index in [4.69, 9.17) is 4.74 Å². The van der Waals surface area contributed by atoms with Crippen LogP contribution in [-0.2, 0) is 6.42 Å². The fraction of sp³-hybridized carbons (Fsp3) is 0.250. The number of pyridine rings is 2. The van der Waals surface area contributed by atoms with Gasteiger partial charge in [-0.25, -0.2) is 4.98 Å². The molecule has 3 aromatic rings. The second-order valence-corrected chi connectivity index (χ2v) is 8.21. The number of nitriles is 1. The number of anilines is 2. The number of carbonyl (C=O) groups is 1. The van der Waals surface area contributed by atoms with Crippen LogP contribution in [-0.4, -0.2) is 22.9 Å². The first-order valence-corrected chi connectivity index (χ1v) is 9.73. The highest BCUT2D eigenvalue weighted by Gasteiger charge is 2.32. The number of aromatic nitrogens is 2. The van der Waals surface area contributed by atoms with Gasteiger partial charge < -0.3 is 10.1 Å². The molecule has 0 unspecified atom stereocenters. The summed E-state index contributed by atoms with van der Waals surface area (Å²) in [5.74, 6) is 1.16. The number of ketones is 1. The number of hydrogen-bond donors (Lipinski definition) is 1. The summed E-state index contributed by atoms with van der Waals surface area (Å²) >= 11 is 0. The minimum atomic E-state index is -0.142. The van der Waals surface area contributed by atoms with Crippen LogP contribution in [0.3, 0.4) is 0 Å². The molecule has 4 rings (SSSR count). The van der Waals surface area contributed by atoms with E-state index in [-0.39, 0.29) is 11.2 Å². The molecule has 1 aliphatic rings. The van der Waals surface area contributed by atoms with Gasteiger partial charge in [0.25, 0.3) is 0 Å². The summed E-state index contributed by atoms with van der Waals surface area (Å²) in [6, 6.07) is 13.4. The van der Waals surface area contributed by atoms with Gasteiger partial charge in [0.2, 0.25) is 0 Å². The molecule has 0 bridgehead atoms. The van der Waals surface area contributed by atoms with Gasteiger partial charge in [0.15, 0.2) is 5.78 Å². The Bertz CT molecular complexity index is 1160. The van der Waals surface area contributed by atoms with Gasteiger partial charge in [-0.15, -0.1) is 0 Å². The van der Waals surface area contributed by atoms with Crippen molar-refractivity contribution in [3.05, 3.63) is 65.6 Å². The topological polar surface area (TPSA) is 87.9 Å². The first-order chi connectivity index (χ1) is 14.4. The zero-order valence-electron chi connectivity index (χ0n) is 17.2. The Kier molecular flexibility index (Phi) is 4.96. The van der Waals surface area contributed by atoms with Crippen LogP contribution in [0.1, 0.15) is 41.9 Å². The van der Waals surface area contributed by atoms with Crippen molar-refractivity contribution in [3.63, 3.8) is 0 Å². The Labute approximate surface area is 175 Å². The molecule has 2 aromatic heterocycles. The number of nitrogens with one attached hydrogen (secondary N) is 1. The van der Waals surface area contributed by atoms with Crippen molar-refractivity contribution in [1.82, 2.24) is 9.97 Å². The Morgan fingerprint density at radius 3 is 2.70 bits per heavy atom. The SMILES string of the molecule is COc1cc(Nc2nc3c(cc2C#N)C(=O)CC(C)(C)C3)ccc1-c1cccnc1. The maximum Gasteiger partial charge on any atom is 0.165 e. The fourth-order valence-corrected chi connectivity index (χ4v) is 3.82. The van der Waals surface area contributed by atoms with Crippen molar-refractivity contribution < 1.29 is 9.53 Å². The van der Waals surface area contributed by atoms with E-state index < -0.39 is 0 Å². The Hall–Kier alpha value is -3.72. The van der Waals surface area contributed by atoms with Crippen LogP contribution < -0.4 is 10.1 Å². The van der Waals surface area contributed by atoms with Crippen molar-refractivity contribution in [2.75, 3.05) is 12.4 Å². The normalized spacial score (nSPS) is 14.5. The molecule has 30 heavy (non-hydrogen) atoms. The number of rotatable bonds is 4. The highest BCUT2D eigenvalue weighted by atomic mass is 16.5. The summed E-state index contributed by atoms with van der Waals surface area (Å²) in [5, 5.41) is 12.8. The standard InChI is InChI=1S/C24H22N4O2/c1-24(2)11-20-19(21(29)12-24)9-16(13-25)23(28-20)27-17-6-7-18(22(10-17)30-3)15-5-4-8-26-14-15/h4-10,14H,11-12H2,1-3H3,(H,27,28). The maximum absolute atomic E-state index is 12.5. The summed E-state index contributed by atoms with van der Waals surface area (Å²) < 4.78 is 5.57. The third-order valence-corrected chi connectivity index (χ3v) is 5.24. The van der Waals surface area contributed by atoms with Crippen LogP contribution in [0, 0.1) is 16.7 Å². The third kappa shape index (κ3) is 3.74. The van der Waals surface area contributed by atoms with Gasteiger partial charge in [0.1, 0.15) is 17.6 Å². The van der Waals surface area contributed by atoms with Crippen molar-refractivity contribution in [2.45, 2.75) is 26.7 Å². The first kappa shape index (κ1) is 19.6. The molecule has 1 aliphatic carbocycles. The number of hydrogen-bond acceptors (Lipinski definition) is 6. The highest BCUT2D eigenvalue weighted by molar-refractivity contribution is 5.99. The largest absolute Gasteiger partial charge is 0.496 e. The number of methoxy groups -OCH3 is 1. The van der Waals surface area contributed by atoms with Crippen molar-refractivity contribution >= 4 is 17.3 Å². The van der Waals surface area contributed by atoms with Crippen molar-refractivity contribution in [3.8, 4) is 22.9 Å². The zero-order chi connectivity index (χ0) is 21.3. The molecule has 0 fully saturated rings. The molecule has 6 nitrogen and oxygen atoms in total. The van der Waals surface area contributed by atoms with Crippen LogP contribution >= 0.6 is 0 Å². The Balaban J connectivity index is 1.71. The molecule has 0 radical (unpaired) electrons. The van der Waals surface area contributed by atoms with Gasteiger partial charge in [-0.1, -0.05) is 19.9 Å². The molecule has 0 saturated carbocycles. The monoisotopic (exact) mass is 398 g/mol. The number of benzene rings is 1. The van der Waals surface area contributed by atoms with Gasteiger partial charge in [-0.3, -0.25) is 9.78 Å². The lowest BCUT2D eigenvalue weighted by atomic mass is 9.75. The van der Waals surface area contributed by atoms with E-state index in [0.717, 1.165) is 22.5 Å². The fourth-order valence-electron chi connectivity index (χ4n) is 3.82. The average molecular weight is 398 g/mol. The summed E-state index contributed by atoms with van der Waals surface area (Å²) in [6.07, 6.45) is 4.66. The second-order valence-electron chi connectivity index (χ2n) is 8.21. The van der Waals surface area contributed by atoms with Gasteiger partial charge in [0, 0.05) is 47.3 Å². The predicted octanol–water partition coefficient (Wildman–Crippen LogP) is 4.92. The lowest BCUT2D eigenvalue weighted by molar-refractivity contribution is 0.0910. The second kappa shape index (κ2) is 7.60. The van der Waals surface area contributed by atoms with Crippen LogP contribution in [0.2, 0.25) is 0 Å². The Morgan fingerprint density at radius 1 is 1.17 bits per heavy atom. The molecule has 0 amide bonds. The minimum absolute atomic E-state index is 0.0410. The molecule has 2 heterocycles. The van der Waals surface area contributed by atoms with Crippen LogP contribution in [0.5, 0.6) is 5.75 Å². The Morgan fingerprint density at radius 2 is 2.00 bits per heavy atom. The van der Waals surface area contributed by atoms with Gasteiger partial charge in [0.05, 0.1) is 18.4 Å².